The van der Waals surface area contributed by atoms with Gasteiger partial charge in [-0.3, -0.25) is 0 Å². The maximum absolute atomic E-state index is 13.6. The van der Waals surface area contributed by atoms with E-state index in [0.717, 1.165) is 40.1 Å². The van der Waals surface area contributed by atoms with Gasteiger partial charge in [0.1, 0.15) is 12.4 Å². The predicted octanol–water partition coefficient (Wildman–Crippen LogP) is 2.79. The van der Waals surface area contributed by atoms with Crippen LogP contribution >= 0.6 is 11.8 Å². The molecule has 0 amide bonds. The summed E-state index contributed by atoms with van der Waals surface area (Å²) < 4.78 is 33.2. The van der Waals surface area contributed by atoms with E-state index in [1.165, 1.54) is 0 Å². The van der Waals surface area contributed by atoms with Crippen LogP contribution in [0.15, 0.2) is 66.7 Å². The summed E-state index contributed by atoms with van der Waals surface area (Å²) in [5.41, 5.74) is 5.01. The van der Waals surface area contributed by atoms with Gasteiger partial charge in [0.05, 0.1) is 16.5 Å². The van der Waals surface area contributed by atoms with E-state index in [9.17, 15) is 18.7 Å². The van der Waals surface area contributed by atoms with Crippen LogP contribution in [0.2, 0.25) is 0 Å². The molecule has 182 valence electrons. The molecule has 1 aliphatic rings. The van der Waals surface area contributed by atoms with Crippen LogP contribution in [0.4, 0.5) is 8.78 Å². The molecule has 0 spiro atoms. The molecule has 0 radical (unpaired) electrons. The summed E-state index contributed by atoms with van der Waals surface area (Å²) in [6, 6.07) is 19.6. The molecule has 2 atom stereocenters. The molecule has 0 fully saturated rings. The van der Waals surface area contributed by atoms with Crippen molar-refractivity contribution in [2.75, 3.05) is 5.75 Å². The van der Waals surface area contributed by atoms with Gasteiger partial charge in [-0.1, -0.05) is 49.4 Å². The summed E-state index contributed by atoms with van der Waals surface area (Å²) in [5, 5.41) is 11.7. The first-order chi connectivity index (χ1) is 17.4. The first-order valence-electron chi connectivity index (χ1n) is 11.5. The number of carbonyl (C=O) groups excluding carboxylic acids is 1. The van der Waals surface area contributed by atoms with Crippen LogP contribution in [0.3, 0.4) is 0 Å². The van der Waals surface area contributed by atoms with Crippen LogP contribution < -0.4 is 39.4 Å². The molecule has 0 bridgehead atoms. The number of aromatic nitrogens is 1. The first kappa shape index (κ1) is 27.3. The number of hydrogen-bond acceptors (Lipinski definition) is 5. The number of halogens is 2. The van der Waals surface area contributed by atoms with Gasteiger partial charge in [0.25, 0.3) is 0 Å². The summed E-state index contributed by atoms with van der Waals surface area (Å²) in [7, 11) is 0. The van der Waals surface area contributed by atoms with Crippen molar-refractivity contribution in [2.24, 2.45) is 5.92 Å². The van der Waals surface area contributed by atoms with Gasteiger partial charge in [0.2, 0.25) is 0 Å². The van der Waals surface area contributed by atoms with Crippen LogP contribution in [0.25, 0.3) is 23.1 Å². The molecular weight excluding hydrogens is 503 g/mol. The van der Waals surface area contributed by atoms with E-state index in [2.05, 4.69) is 11.1 Å². The van der Waals surface area contributed by atoms with E-state index < -0.39 is 23.5 Å². The topological polar surface area (TPSA) is 62.2 Å². The molecule has 1 unspecified atom stereocenters. The van der Waals surface area contributed by atoms with Gasteiger partial charge in [-0.15, -0.1) is 11.8 Å². The summed E-state index contributed by atoms with van der Waals surface area (Å²) in [4.78, 5) is 15.7. The Bertz CT molecular complexity index is 1490. The average Bonchev–Trinajstić information content (AvgIpc) is 3.03. The third-order valence-electron chi connectivity index (χ3n) is 6.15. The van der Waals surface area contributed by atoms with Gasteiger partial charge in [0, 0.05) is 34.7 Å². The number of carboxylic acid groups (broad SMARTS) is 1. The second kappa shape index (κ2) is 11.8. The van der Waals surface area contributed by atoms with E-state index in [-0.39, 0.29) is 34.8 Å². The third-order valence-corrected chi connectivity index (χ3v) is 7.69. The van der Waals surface area contributed by atoms with Gasteiger partial charge in [-0.05, 0) is 47.0 Å². The molecule has 1 aromatic heterocycles. The molecule has 2 heterocycles. The van der Waals surface area contributed by atoms with E-state index in [1.54, 1.807) is 30.8 Å². The fraction of sp³-hybridized carbons (Fsp3) is 0.172. The van der Waals surface area contributed by atoms with Crippen LogP contribution in [0.1, 0.15) is 40.1 Å². The fourth-order valence-electron chi connectivity index (χ4n) is 4.15. The monoisotopic (exact) mass is 525 g/mol. The summed E-state index contributed by atoms with van der Waals surface area (Å²) in [6.45, 7) is 2.09. The van der Waals surface area contributed by atoms with Crippen molar-refractivity contribution in [1.29, 1.82) is 0 Å². The van der Waals surface area contributed by atoms with E-state index in [0.29, 0.717) is 29.0 Å². The summed E-state index contributed by atoms with van der Waals surface area (Å²) >= 11 is 1.56. The Labute approximate surface area is 240 Å². The normalized spacial score (nSPS) is 15.3. The van der Waals surface area contributed by atoms with Crippen molar-refractivity contribution in [3.8, 4) is 5.75 Å². The third kappa shape index (κ3) is 6.07. The molecule has 5 rings (SSSR count). The Kier molecular flexibility index (Phi) is 8.70. The van der Waals surface area contributed by atoms with E-state index in [4.69, 9.17) is 4.74 Å². The zero-order chi connectivity index (χ0) is 25.2. The Hall–Kier alpha value is -2.71. The summed E-state index contributed by atoms with van der Waals surface area (Å²) in [5.74, 6) is -2.33. The van der Waals surface area contributed by atoms with Crippen LogP contribution in [0, 0.1) is 17.6 Å². The minimum absolute atomic E-state index is 0. The number of carboxylic acids is 1. The van der Waals surface area contributed by atoms with Gasteiger partial charge < -0.3 is 14.6 Å². The number of benzene rings is 3. The number of hydrogen-bond donors (Lipinski definition) is 0. The number of rotatable bonds is 6. The molecule has 37 heavy (non-hydrogen) atoms. The molecular formula is C29H22F2NNaO3S. The Morgan fingerprint density at radius 2 is 1.86 bits per heavy atom. The molecule has 4 nitrogen and oxygen atoms in total. The quantitative estimate of drug-likeness (QED) is 0.363. The Balaban J connectivity index is 0.00000320. The van der Waals surface area contributed by atoms with Crippen LogP contribution in [-0.4, -0.2) is 16.7 Å². The first-order valence-corrected chi connectivity index (χ1v) is 12.5. The van der Waals surface area contributed by atoms with E-state index >= 15 is 0 Å². The number of pyridine rings is 1. The molecule has 4 aromatic rings. The van der Waals surface area contributed by atoms with Gasteiger partial charge in [-0.2, -0.15) is 0 Å². The zero-order valence-corrected chi connectivity index (χ0v) is 23.2. The second-order valence-electron chi connectivity index (χ2n) is 8.75. The average molecular weight is 526 g/mol. The van der Waals surface area contributed by atoms with Crippen molar-refractivity contribution in [3.63, 3.8) is 0 Å². The van der Waals surface area contributed by atoms with Crippen molar-refractivity contribution in [3.05, 3.63) is 106 Å². The fourth-order valence-corrected chi connectivity index (χ4v) is 5.54. The second-order valence-corrected chi connectivity index (χ2v) is 9.88. The predicted molar refractivity (Wildman–Crippen MR) is 136 cm³/mol. The molecule has 8 heteroatoms. The largest absolute Gasteiger partial charge is 1.00 e. The maximum Gasteiger partial charge on any atom is 1.00 e. The minimum Gasteiger partial charge on any atom is -0.550 e. The molecule has 0 saturated heterocycles. The van der Waals surface area contributed by atoms with Gasteiger partial charge in [0.15, 0.2) is 11.6 Å². The number of thioether (sulfide) groups is 1. The Morgan fingerprint density at radius 3 is 2.68 bits per heavy atom. The molecule has 0 aliphatic carbocycles. The van der Waals surface area contributed by atoms with Crippen molar-refractivity contribution in [1.82, 2.24) is 4.98 Å². The summed E-state index contributed by atoms with van der Waals surface area (Å²) in [6.07, 6.45) is 3.71. The maximum atomic E-state index is 13.6. The molecule has 0 N–H and O–H groups in total. The number of nitrogens with zero attached hydrogens (tertiary/aromatic N) is 1. The van der Waals surface area contributed by atoms with Crippen LogP contribution in [0.5, 0.6) is 5.75 Å². The number of carbonyl (C=O) groups is 1. The SMILES string of the molecule is C[C@@H](CSC1c2ccccc2COc2ccc(C=Cc3ccc4cc(F)c(F)cc4n3)cc21)C(=O)[O-].[Na+]. The number of aliphatic carboxylic acids is 1. The molecule has 0 saturated carbocycles. The van der Waals surface area contributed by atoms with Crippen molar-refractivity contribution in [2.45, 2.75) is 18.8 Å². The Morgan fingerprint density at radius 1 is 1.08 bits per heavy atom. The van der Waals surface area contributed by atoms with Crippen molar-refractivity contribution >= 4 is 40.8 Å². The zero-order valence-electron chi connectivity index (χ0n) is 20.4. The standard InChI is InChI=1S/C29H23F2NO3S.Na/c1-17(29(33)34)16-36-28-22-5-3-2-4-20(22)15-35-27-11-7-18(12-23(27)28)6-9-21-10-8-19-13-24(30)25(31)14-26(19)32-21;/h2-14,17,28H,15-16H2,1H3,(H,33,34);/q;+1/p-1/t17-,28?;/m0./s1. The van der Waals surface area contributed by atoms with Gasteiger partial charge in [-0.25, -0.2) is 13.8 Å². The minimum atomic E-state index is -1.07. The van der Waals surface area contributed by atoms with E-state index in [1.807, 2.05) is 48.6 Å². The van der Waals surface area contributed by atoms with Gasteiger partial charge >= 0.3 is 29.6 Å². The van der Waals surface area contributed by atoms with Crippen molar-refractivity contribution < 1.29 is 53.0 Å². The number of ether oxygens (including phenoxy) is 1. The smallest absolute Gasteiger partial charge is 0.550 e. The molecule has 1 aliphatic heterocycles. The number of fused-ring (bicyclic) bond motifs is 3. The van der Waals surface area contributed by atoms with Crippen LogP contribution in [-0.2, 0) is 11.4 Å². The molecule has 3 aromatic carbocycles.